The Morgan fingerprint density at radius 2 is 1.91 bits per heavy atom. The molecule has 3 amide bonds. The molecule has 11 nitrogen and oxygen atoms in total. The van der Waals surface area contributed by atoms with Crippen LogP contribution in [-0.2, 0) is 18.0 Å². The topological polar surface area (TPSA) is 130 Å². The van der Waals surface area contributed by atoms with Gasteiger partial charge in [-0.05, 0) is 37.1 Å². The summed E-state index contributed by atoms with van der Waals surface area (Å²) < 4.78 is 20.7. The second kappa shape index (κ2) is 14.5. The highest BCUT2D eigenvalue weighted by atomic mass is 32.1. The average molecular weight is 622 g/mol. The van der Waals surface area contributed by atoms with Gasteiger partial charge in [-0.1, -0.05) is 13.0 Å². The van der Waals surface area contributed by atoms with Crippen LogP contribution in [0.5, 0.6) is 0 Å². The number of hydrogen-bond acceptors (Lipinski definition) is 8. The summed E-state index contributed by atoms with van der Waals surface area (Å²) >= 11 is 1.30. The molecule has 0 bridgehead atoms. The van der Waals surface area contributed by atoms with Crippen LogP contribution >= 0.6 is 11.3 Å². The van der Waals surface area contributed by atoms with E-state index >= 15 is 0 Å². The Morgan fingerprint density at radius 1 is 1.09 bits per heavy atom. The fourth-order valence-corrected chi connectivity index (χ4v) is 5.97. The van der Waals surface area contributed by atoms with Crippen molar-refractivity contribution in [2.45, 2.75) is 33.5 Å². The number of nitrogens with zero attached hydrogens (tertiary/aromatic N) is 4. The van der Waals surface area contributed by atoms with Crippen molar-refractivity contribution >= 4 is 40.0 Å². The number of benzene rings is 1. The van der Waals surface area contributed by atoms with Crippen molar-refractivity contribution in [3.05, 3.63) is 63.5 Å². The lowest BCUT2D eigenvalue weighted by molar-refractivity contribution is 0.0383. The third-order valence-corrected chi connectivity index (χ3v) is 8.25. The maximum absolute atomic E-state index is 13.6. The van der Waals surface area contributed by atoms with Gasteiger partial charge in [0.2, 0.25) is 5.43 Å². The van der Waals surface area contributed by atoms with Crippen LogP contribution in [0.4, 0.5) is 15.0 Å². The van der Waals surface area contributed by atoms with Crippen molar-refractivity contribution in [1.82, 2.24) is 30.1 Å². The van der Waals surface area contributed by atoms with Gasteiger partial charge in [0, 0.05) is 73.6 Å². The fraction of sp³-hybridized carbons (Fsp3) is 0.387. The molecule has 0 aliphatic carbocycles. The molecule has 3 aromatic heterocycles. The SMILES string of the molecule is CCCn1cc(C(=O)NCCN2CCOCC2)c(=O)c2ccc(-c3cnc(NC(=O)NCC)cc3-c3nc(CF)cs3)cc21. The minimum atomic E-state index is -0.691. The van der Waals surface area contributed by atoms with Gasteiger partial charge in [-0.2, -0.15) is 0 Å². The summed E-state index contributed by atoms with van der Waals surface area (Å²) in [5.41, 5.74) is 2.88. The predicted octanol–water partition coefficient (Wildman–Crippen LogP) is 4.27. The van der Waals surface area contributed by atoms with Gasteiger partial charge in [-0.25, -0.2) is 19.2 Å². The number of urea groups is 1. The molecule has 1 fully saturated rings. The number of pyridine rings is 2. The monoisotopic (exact) mass is 621 g/mol. The largest absolute Gasteiger partial charge is 0.379 e. The van der Waals surface area contributed by atoms with Crippen molar-refractivity contribution in [1.29, 1.82) is 0 Å². The molecule has 1 aromatic carbocycles. The number of ether oxygens (including phenoxy) is 1. The Morgan fingerprint density at radius 3 is 2.64 bits per heavy atom. The first-order valence-electron chi connectivity index (χ1n) is 14.7. The molecule has 3 N–H and O–H groups in total. The smallest absolute Gasteiger partial charge is 0.320 e. The van der Waals surface area contributed by atoms with E-state index in [1.54, 1.807) is 36.0 Å². The number of carbonyl (C=O) groups is 2. The van der Waals surface area contributed by atoms with Gasteiger partial charge in [0.25, 0.3) is 5.91 Å². The van der Waals surface area contributed by atoms with Crippen LogP contribution in [0, 0.1) is 0 Å². The summed E-state index contributed by atoms with van der Waals surface area (Å²) in [7, 11) is 0. The van der Waals surface area contributed by atoms with Crippen molar-refractivity contribution in [3.8, 4) is 21.7 Å². The van der Waals surface area contributed by atoms with E-state index in [9.17, 15) is 18.8 Å². The molecule has 4 heterocycles. The van der Waals surface area contributed by atoms with E-state index in [1.165, 1.54) is 11.3 Å². The molecule has 1 aliphatic heterocycles. The highest BCUT2D eigenvalue weighted by Crippen LogP contribution is 2.36. The van der Waals surface area contributed by atoms with Gasteiger partial charge >= 0.3 is 6.03 Å². The third kappa shape index (κ3) is 7.12. The fourth-order valence-electron chi connectivity index (χ4n) is 5.14. The van der Waals surface area contributed by atoms with Crippen LogP contribution < -0.4 is 21.4 Å². The minimum absolute atomic E-state index is 0.102. The van der Waals surface area contributed by atoms with Gasteiger partial charge in [-0.15, -0.1) is 11.3 Å². The highest BCUT2D eigenvalue weighted by Gasteiger charge is 2.19. The van der Waals surface area contributed by atoms with E-state index in [0.717, 1.165) is 25.1 Å². The number of rotatable bonds is 11. The molecule has 44 heavy (non-hydrogen) atoms. The summed E-state index contributed by atoms with van der Waals surface area (Å²) in [4.78, 5) is 49.9. The number of aryl methyl sites for hydroxylation is 1. The minimum Gasteiger partial charge on any atom is -0.379 e. The molecule has 232 valence electrons. The van der Waals surface area contributed by atoms with E-state index in [0.29, 0.717) is 77.9 Å². The zero-order valence-corrected chi connectivity index (χ0v) is 25.6. The molecule has 1 aliphatic rings. The Kier molecular flexibility index (Phi) is 10.3. The van der Waals surface area contributed by atoms with Crippen molar-refractivity contribution in [2.75, 3.05) is 51.3 Å². The molecule has 13 heteroatoms. The first-order valence-corrected chi connectivity index (χ1v) is 15.6. The number of aromatic nitrogens is 3. The zero-order valence-electron chi connectivity index (χ0n) is 24.8. The molecule has 1 saturated heterocycles. The molecule has 0 atom stereocenters. The molecular formula is C31H36FN7O4S. The van der Waals surface area contributed by atoms with E-state index in [4.69, 9.17) is 4.74 Å². The number of alkyl halides is 1. The van der Waals surface area contributed by atoms with E-state index in [-0.39, 0.29) is 11.0 Å². The van der Waals surface area contributed by atoms with Crippen molar-refractivity contribution in [2.24, 2.45) is 0 Å². The molecule has 0 unspecified atom stereocenters. The lowest BCUT2D eigenvalue weighted by atomic mass is 9.99. The number of amides is 3. The lowest BCUT2D eigenvalue weighted by Crippen LogP contribution is -2.42. The number of thiazole rings is 1. The number of hydrogen-bond donors (Lipinski definition) is 3. The van der Waals surface area contributed by atoms with Crippen molar-refractivity contribution < 1.29 is 18.7 Å². The van der Waals surface area contributed by atoms with Crippen LogP contribution in [0.25, 0.3) is 32.6 Å². The van der Waals surface area contributed by atoms with Crippen LogP contribution in [-0.4, -0.2) is 77.3 Å². The van der Waals surface area contributed by atoms with E-state index in [1.807, 2.05) is 24.5 Å². The van der Waals surface area contributed by atoms with Gasteiger partial charge in [-0.3, -0.25) is 19.8 Å². The van der Waals surface area contributed by atoms with Gasteiger partial charge in [0.1, 0.15) is 23.1 Å². The molecule has 5 rings (SSSR count). The number of morpholine rings is 1. The quantitative estimate of drug-likeness (QED) is 0.228. The molecule has 0 saturated carbocycles. The second-order valence-corrected chi connectivity index (χ2v) is 11.2. The van der Waals surface area contributed by atoms with Gasteiger partial charge in [0.05, 0.1) is 24.4 Å². The Balaban J connectivity index is 1.50. The summed E-state index contributed by atoms with van der Waals surface area (Å²) in [6, 6.07) is 6.74. The Hall–Kier alpha value is -4.20. The summed E-state index contributed by atoms with van der Waals surface area (Å²) in [5, 5.41) is 11.0. The number of nitrogens with one attached hydrogen (secondary N) is 3. The normalized spacial score (nSPS) is 13.6. The lowest BCUT2D eigenvalue weighted by Gasteiger charge is -2.26. The van der Waals surface area contributed by atoms with Gasteiger partial charge in [0.15, 0.2) is 0 Å². The van der Waals surface area contributed by atoms with Crippen molar-refractivity contribution in [3.63, 3.8) is 0 Å². The summed E-state index contributed by atoms with van der Waals surface area (Å²) in [6.07, 6.45) is 4.06. The standard InChI is InChI=1S/C31H36FN7O4S/c1-3-8-39-18-25(29(41)34-7-9-38-10-12-43-13-11-38)28(40)22-6-5-20(14-26(22)39)24-17-35-27(37-31(42)33-4-2)15-23(24)30-36-21(16-32)19-44-30/h5-6,14-15,17-19H,3-4,7-13,16H2,1-2H3,(H,34,41)(H2,33,35,37,42). The van der Waals surface area contributed by atoms with Crippen LogP contribution in [0.15, 0.2) is 46.8 Å². The number of fused-ring (bicyclic) bond motifs is 1. The highest BCUT2D eigenvalue weighted by molar-refractivity contribution is 7.13. The number of halogens is 1. The zero-order chi connectivity index (χ0) is 31.1. The van der Waals surface area contributed by atoms with E-state index in [2.05, 4.69) is 30.8 Å². The maximum atomic E-state index is 13.6. The van der Waals surface area contributed by atoms with E-state index < -0.39 is 18.6 Å². The third-order valence-electron chi connectivity index (χ3n) is 7.32. The molecule has 0 radical (unpaired) electrons. The maximum Gasteiger partial charge on any atom is 0.320 e. The number of carbonyl (C=O) groups excluding carboxylic acids is 2. The Bertz CT molecular complexity index is 1700. The average Bonchev–Trinajstić information content (AvgIpc) is 3.52. The number of anilines is 1. The predicted molar refractivity (Wildman–Crippen MR) is 170 cm³/mol. The molecule has 0 spiro atoms. The molecule has 4 aromatic rings. The van der Waals surface area contributed by atoms with Crippen LogP contribution in [0.3, 0.4) is 0 Å². The summed E-state index contributed by atoms with van der Waals surface area (Å²) in [6.45, 7) is 8.34. The summed E-state index contributed by atoms with van der Waals surface area (Å²) in [5.74, 6) is -0.0761. The second-order valence-electron chi connectivity index (χ2n) is 10.4. The Labute approximate surface area is 258 Å². The first-order chi connectivity index (χ1) is 21.4. The van der Waals surface area contributed by atoms with Crippen LogP contribution in [0.2, 0.25) is 0 Å². The van der Waals surface area contributed by atoms with Gasteiger partial charge < -0.3 is 19.9 Å². The van der Waals surface area contributed by atoms with Crippen LogP contribution in [0.1, 0.15) is 36.3 Å². The first kappa shape index (κ1) is 31.2. The molecular weight excluding hydrogens is 585 g/mol.